The highest BCUT2D eigenvalue weighted by Gasteiger charge is 2.25. The molecule has 0 aromatic heterocycles. The molecule has 5 heteroatoms. The fraction of sp³-hybridized carbons (Fsp3) is 0.846. The van der Waals surface area contributed by atoms with Crippen LogP contribution in [0.4, 0.5) is 4.79 Å². The molecule has 2 N–H and O–H groups in total. The summed E-state index contributed by atoms with van der Waals surface area (Å²) in [5.41, 5.74) is 0. The minimum atomic E-state index is -0.731. The first-order valence-corrected chi connectivity index (χ1v) is 6.83. The van der Waals surface area contributed by atoms with E-state index in [1.165, 1.54) is 6.42 Å². The van der Waals surface area contributed by atoms with E-state index in [1.807, 2.05) is 7.05 Å². The lowest BCUT2D eigenvalue weighted by Gasteiger charge is -2.34. The number of urea groups is 1. The van der Waals surface area contributed by atoms with E-state index in [9.17, 15) is 9.59 Å². The molecule has 0 atom stereocenters. The van der Waals surface area contributed by atoms with Crippen LogP contribution in [0.25, 0.3) is 0 Å². The number of hydrogen-bond donors (Lipinski definition) is 2. The molecular formula is C13H24N2O3. The first kappa shape index (κ1) is 14.8. The van der Waals surface area contributed by atoms with Gasteiger partial charge in [-0.25, -0.2) is 4.79 Å². The maximum atomic E-state index is 11.7. The largest absolute Gasteiger partial charge is 0.481 e. The highest BCUT2D eigenvalue weighted by atomic mass is 16.4. The first-order valence-electron chi connectivity index (χ1n) is 6.83. The van der Waals surface area contributed by atoms with Gasteiger partial charge in [0, 0.05) is 26.1 Å². The van der Waals surface area contributed by atoms with Crippen molar-refractivity contribution in [1.82, 2.24) is 10.2 Å². The maximum absolute atomic E-state index is 11.7. The summed E-state index contributed by atoms with van der Waals surface area (Å²) in [5.74, 6) is -0.731. The van der Waals surface area contributed by atoms with E-state index in [-0.39, 0.29) is 12.5 Å². The SMILES string of the molecule is CN(C(=O)NCCCCCCC(=O)O)C1CCC1. The van der Waals surface area contributed by atoms with Crippen LogP contribution in [0.3, 0.4) is 0 Å². The van der Waals surface area contributed by atoms with E-state index in [4.69, 9.17) is 5.11 Å². The van der Waals surface area contributed by atoms with Gasteiger partial charge in [0.2, 0.25) is 0 Å². The van der Waals surface area contributed by atoms with Gasteiger partial charge in [0.1, 0.15) is 0 Å². The van der Waals surface area contributed by atoms with Crippen molar-refractivity contribution in [3.8, 4) is 0 Å². The van der Waals surface area contributed by atoms with Crippen molar-refractivity contribution >= 4 is 12.0 Å². The van der Waals surface area contributed by atoms with E-state index in [0.717, 1.165) is 38.5 Å². The minimum Gasteiger partial charge on any atom is -0.481 e. The van der Waals surface area contributed by atoms with E-state index in [1.54, 1.807) is 4.90 Å². The second-order valence-electron chi connectivity index (χ2n) is 4.99. The molecule has 0 aliphatic heterocycles. The Bertz CT molecular complexity index is 277. The molecule has 0 saturated heterocycles. The fourth-order valence-corrected chi connectivity index (χ4v) is 2.01. The van der Waals surface area contributed by atoms with Crippen LogP contribution in [0, 0.1) is 0 Å². The van der Waals surface area contributed by atoms with Crippen LogP contribution in [0.5, 0.6) is 0 Å². The summed E-state index contributed by atoms with van der Waals surface area (Å²) < 4.78 is 0. The van der Waals surface area contributed by atoms with Crippen LogP contribution >= 0.6 is 0 Å². The molecule has 0 bridgehead atoms. The molecule has 1 aliphatic rings. The maximum Gasteiger partial charge on any atom is 0.317 e. The summed E-state index contributed by atoms with van der Waals surface area (Å²) in [7, 11) is 1.85. The van der Waals surface area contributed by atoms with Crippen molar-refractivity contribution in [2.45, 2.75) is 57.4 Å². The van der Waals surface area contributed by atoms with Crippen molar-refractivity contribution < 1.29 is 14.7 Å². The highest BCUT2D eigenvalue weighted by Crippen LogP contribution is 2.23. The topological polar surface area (TPSA) is 69.6 Å². The number of hydrogen-bond acceptors (Lipinski definition) is 2. The number of nitrogens with zero attached hydrogens (tertiary/aromatic N) is 1. The molecule has 5 nitrogen and oxygen atoms in total. The van der Waals surface area contributed by atoms with E-state index >= 15 is 0 Å². The zero-order valence-corrected chi connectivity index (χ0v) is 11.2. The van der Waals surface area contributed by atoms with Gasteiger partial charge in [-0.2, -0.15) is 0 Å². The van der Waals surface area contributed by atoms with Gasteiger partial charge in [0.25, 0.3) is 0 Å². The Kier molecular flexibility index (Phi) is 6.54. The standard InChI is InChI=1S/C13H24N2O3/c1-15(11-7-6-8-11)13(18)14-10-5-3-2-4-9-12(16)17/h11H,2-10H2,1H3,(H,14,18)(H,16,17). The van der Waals surface area contributed by atoms with Gasteiger partial charge < -0.3 is 15.3 Å². The Hall–Kier alpha value is -1.26. The second-order valence-corrected chi connectivity index (χ2v) is 4.99. The number of carbonyl (C=O) groups excluding carboxylic acids is 1. The summed E-state index contributed by atoms with van der Waals surface area (Å²) in [6.45, 7) is 0.683. The Morgan fingerprint density at radius 3 is 2.44 bits per heavy atom. The summed E-state index contributed by atoms with van der Waals surface area (Å²) in [6, 6.07) is 0.450. The molecule has 104 valence electrons. The predicted molar refractivity (Wildman–Crippen MR) is 69.5 cm³/mol. The molecule has 1 fully saturated rings. The van der Waals surface area contributed by atoms with Crippen LogP contribution in [0.1, 0.15) is 51.4 Å². The number of aliphatic carboxylic acids is 1. The Labute approximate surface area is 109 Å². The van der Waals surface area contributed by atoms with Gasteiger partial charge in [0.15, 0.2) is 0 Å². The van der Waals surface area contributed by atoms with Crippen LogP contribution < -0.4 is 5.32 Å². The molecule has 0 spiro atoms. The number of carboxylic acids is 1. The predicted octanol–water partition coefficient (Wildman–Crippen LogP) is 2.22. The molecule has 0 heterocycles. The van der Waals surface area contributed by atoms with Crippen molar-refractivity contribution in [2.75, 3.05) is 13.6 Å². The lowest BCUT2D eigenvalue weighted by Crippen LogP contribution is -2.46. The van der Waals surface area contributed by atoms with Gasteiger partial charge in [-0.3, -0.25) is 4.79 Å². The fourth-order valence-electron chi connectivity index (χ4n) is 2.01. The summed E-state index contributed by atoms with van der Waals surface area (Å²) in [6.07, 6.45) is 7.26. The number of rotatable bonds is 8. The Morgan fingerprint density at radius 2 is 1.89 bits per heavy atom. The average molecular weight is 256 g/mol. The van der Waals surface area contributed by atoms with E-state index in [2.05, 4.69) is 5.32 Å². The quantitative estimate of drug-likeness (QED) is 0.654. The molecule has 1 aliphatic carbocycles. The van der Waals surface area contributed by atoms with Crippen molar-refractivity contribution in [1.29, 1.82) is 0 Å². The van der Waals surface area contributed by atoms with E-state index in [0.29, 0.717) is 12.6 Å². The molecule has 18 heavy (non-hydrogen) atoms. The van der Waals surface area contributed by atoms with Crippen molar-refractivity contribution in [3.63, 3.8) is 0 Å². The van der Waals surface area contributed by atoms with Gasteiger partial charge in [-0.1, -0.05) is 12.8 Å². The normalized spacial score (nSPS) is 14.9. The van der Waals surface area contributed by atoms with Crippen molar-refractivity contribution in [3.05, 3.63) is 0 Å². The number of nitrogens with one attached hydrogen (secondary N) is 1. The van der Waals surface area contributed by atoms with Gasteiger partial charge >= 0.3 is 12.0 Å². The van der Waals surface area contributed by atoms with Crippen LogP contribution in [0.15, 0.2) is 0 Å². The van der Waals surface area contributed by atoms with Gasteiger partial charge in [-0.05, 0) is 32.1 Å². The van der Waals surface area contributed by atoms with Gasteiger partial charge in [-0.15, -0.1) is 0 Å². The highest BCUT2D eigenvalue weighted by molar-refractivity contribution is 5.74. The molecule has 1 rings (SSSR count). The minimum absolute atomic E-state index is 0.0187. The number of amides is 2. The van der Waals surface area contributed by atoms with Crippen LogP contribution in [-0.2, 0) is 4.79 Å². The third-order valence-electron chi connectivity index (χ3n) is 3.54. The second kappa shape index (κ2) is 7.95. The average Bonchev–Trinajstić information content (AvgIpc) is 2.24. The lowest BCUT2D eigenvalue weighted by atomic mass is 9.92. The zero-order valence-electron chi connectivity index (χ0n) is 11.2. The molecule has 2 amide bonds. The number of carbonyl (C=O) groups is 2. The molecule has 0 aromatic carbocycles. The van der Waals surface area contributed by atoms with Crippen LogP contribution in [0.2, 0.25) is 0 Å². The summed E-state index contributed by atoms with van der Waals surface area (Å²) >= 11 is 0. The molecule has 0 unspecified atom stereocenters. The molecular weight excluding hydrogens is 232 g/mol. The molecule has 0 aromatic rings. The van der Waals surface area contributed by atoms with Crippen molar-refractivity contribution in [2.24, 2.45) is 0 Å². The third-order valence-corrected chi connectivity index (χ3v) is 3.54. The Balaban J connectivity index is 1.93. The smallest absolute Gasteiger partial charge is 0.317 e. The number of carboxylic acid groups (broad SMARTS) is 1. The molecule has 0 radical (unpaired) electrons. The van der Waals surface area contributed by atoms with E-state index < -0.39 is 5.97 Å². The summed E-state index contributed by atoms with van der Waals surface area (Å²) in [4.78, 5) is 23.8. The Morgan fingerprint density at radius 1 is 1.22 bits per heavy atom. The zero-order chi connectivity index (χ0) is 13.4. The monoisotopic (exact) mass is 256 g/mol. The van der Waals surface area contributed by atoms with Crippen LogP contribution in [-0.4, -0.2) is 41.6 Å². The van der Waals surface area contributed by atoms with Gasteiger partial charge in [0.05, 0.1) is 0 Å². The number of unbranched alkanes of at least 4 members (excludes halogenated alkanes) is 3. The molecule has 1 saturated carbocycles. The summed E-state index contributed by atoms with van der Waals surface area (Å²) in [5, 5.41) is 11.4. The third kappa shape index (κ3) is 5.38. The first-order chi connectivity index (χ1) is 8.61. The lowest BCUT2D eigenvalue weighted by molar-refractivity contribution is -0.137.